The van der Waals surface area contributed by atoms with E-state index in [2.05, 4.69) is 0 Å². The SMILES string of the molecule is COc1ccc2oc(=N)c(N)cc2c1. The molecule has 0 aliphatic heterocycles. The highest BCUT2D eigenvalue weighted by molar-refractivity contribution is 5.80. The van der Waals surface area contributed by atoms with Gasteiger partial charge in [0.25, 0.3) is 0 Å². The van der Waals surface area contributed by atoms with Crippen molar-refractivity contribution in [1.82, 2.24) is 0 Å². The van der Waals surface area contributed by atoms with Crippen LogP contribution in [-0.4, -0.2) is 7.11 Å². The van der Waals surface area contributed by atoms with E-state index >= 15 is 0 Å². The van der Waals surface area contributed by atoms with Crippen LogP contribution in [0.15, 0.2) is 28.7 Å². The van der Waals surface area contributed by atoms with Crippen LogP contribution in [0.3, 0.4) is 0 Å². The van der Waals surface area contributed by atoms with Crippen molar-refractivity contribution in [2.24, 2.45) is 0 Å². The molecule has 14 heavy (non-hydrogen) atoms. The summed E-state index contributed by atoms with van der Waals surface area (Å²) in [5, 5.41) is 8.21. The number of nitrogens with two attached hydrogens (primary N) is 1. The first-order chi connectivity index (χ1) is 6.70. The van der Waals surface area contributed by atoms with Crippen molar-refractivity contribution < 1.29 is 9.15 Å². The van der Waals surface area contributed by atoms with E-state index in [4.69, 9.17) is 20.3 Å². The summed E-state index contributed by atoms with van der Waals surface area (Å²) in [6.07, 6.45) is 0. The molecule has 0 atom stereocenters. The number of nitrogens with one attached hydrogen (secondary N) is 1. The van der Waals surface area contributed by atoms with Crippen LogP contribution >= 0.6 is 0 Å². The number of fused-ring (bicyclic) bond motifs is 1. The van der Waals surface area contributed by atoms with E-state index < -0.39 is 0 Å². The second-order valence-electron chi connectivity index (χ2n) is 2.93. The van der Waals surface area contributed by atoms with Crippen LogP contribution < -0.4 is 16.0 Å². The Balaban J connectivity index is 2.77. The van der Waals surface area contributed by atoms with Gasteiger partial charge in [0, 0.05) is 5.39 Å². The Morgan fingerprint density at radius 1 is 1.36 bits per heavy atom. The van der Waals surface area contributed by atoms with E-state index in [0.717, 1.165) is 11.1 Å². The molecule has 0 aliphatic rings. The van der Waals surface area contributed by atoms with Crippen molar-refractivity contribution >= 4 is 16.7 Å². The Labute approximate surface area is 80.4 Å². The van der Waals surface area contributed by atoms with Gasteiger partial charge >= 0.3 is 0 Å². The van der Waals surface area contributed by atoms with Gasteiger partial charge in [0.15, 0.2) is 0 Å². The summed E-state index contributed by atoms with van der Waals surface area (Å²) in [6.45, 7) is 0. The van der Waals surface area contributed by atoms with Crippen molar-refractivity contribution in [3.63, 3.8) is 0 Å². The molecule has 0 amide bonds. The van der Waals surface area contributed by atoms with Crippen LogP contribution in [0.1, 0.15) is 0 Å². The maximum Gasteiger partial charge on any atom is 0.235 e. The van der Waals surface area contributed by atoms with E-state index in [-0.39, 0.29) is 5.55 Å². The third-order valence-electron chi connectivity index (χ3n) is 2.00. The number of rotatable bonds is 1. The number of hydrogen-bond donors (Lipinski definition) is 2. The summed E-state index contributed by atoms with van der Waals surface area (Å²) in [4.78, 5) is 0. The normalized spacial score (nSPS) is 10.4. The molecule has 0 radical (unpaired) electrons. The number of methoxy groups -OCH3 is 1. The molecule has 2 rings (SSSR count). The van der Waals surface area contributed by atoms with Crippen LogP contribution in [0.25, 0.3) is 11.0 Å². The van der Waals surface area contributed by atoms with Gasteiger partial charge in [-0.25, -0.2) is 0 Å². The van der Waals surface area contributed by atoms with Crippen molar-refractivity contribution in [2.45, 2.75) is 0 Å². The zero-order chi connectivity index (χ0) is 10.1. The first-order valence-corrected chi connectivity index (χ1v) is 4.12. The minimum Gasteiger partial charge on any atom is -0.497 e. The standard InChI is InChI=1S/C10H10N2O2/c1-13-7-2-3-9-6(4-7)5-8(11)10(12)14-9/h2-5,12H,11H2,1H3. The molecule has 1 heterocycles. The Morgan fingerprint density at radius 2 is 2.14 bits per heavy atom. The second-order valence-corrected chi connectivity index (χ2v) is 2.93. The lowest BCUT2D eigenvalue weighted by Gasteiger charge is -2.02. The second kappa shape index (κ2) is 3.06. The van der Waals surface area contributed by atoms with Gasteiger partial charge in [0.1, 0.15) is 11.3 Å². The number of benzene rings is 1. The number of hydrogen-bond acceptors (Lipinski definition) is 4. The average molecular weight is 190 g/mol. The summed E-state index contributed by atoms with van der Waals surface area (Å²) in [5.41, 5.74) is 6.50. The van der Waals surface area contributed by atoms with E-state index in [1.807, 2.05) is 6.07 Å². The van der Waals surface area contributed by atoms with Crippen molar-refractivity contribution in [3.05, 3.63) is 29.8 Å². The molecule has 0 saturated carbocycles. The molecule has 0 unspecified atom stereocenters. The number of nitrogen functional groups attached to an aromatic ring is 1. The molecule has 0 bridgehead atoms. The molecule has 4 heteroatoms. The van der Waals surface area contributed by atoms with Gasteiger partial charge in [-0.2, -0.15) is 0 Å². The third kappa shape index (κ3) is 1.31. The van der Waals surface area contributed by atoms with Gasteiger partial charge in [0.2, 0.25) is 5.55 Å². The van der Waals surface area contributed by atoms with Crippen LogP contribution in [0.5, 0.6) is 5.75 Å². The van der Waals surface area contributed by atoms with Gasteiger partial charge in [-0.3, -0.25) is 5.41 Å². The average Bonchev–Trinajstić information content (AvgIpc) is 2.19. The molecule has 2 aromatic rings. The maximum absolute atomic E-state index is 7.38. The fraction of sp³-hybridized carbons (Fsp3) is 0.100. The molecule has 0 spiro atoms. The minimum atomic E-state index is -0.0114. The topological polar surface area (TPSA) is 72.2 Å². The summed E-state index contributed by atoms with van der Waals surface area (Å²) in [5.74, 6) is 0.741. The largest absolute Gasteiger partial charge is 0.497 e. The summed E-state index contributed by atoms with van der Waals surface area (Å²) in [7, 11) is 1.60. The molecule has 4 nitrogen and oxygen atoms in total. The minimum absolute atomic E-state index is 0.0114. The van der Waals surface area contributed by atoms with Crippen LogP contribution in [0.4, 0.5) is 5.69 Å². The Kier molecular flexibility index (Phi) is 1.89. The molecule has 72 valence electrons. The van der Waals surface area contributed by atoms with Crippen LogP contribution in [0.2, 0.25) is 0 Å². The van der Waals surface area contributed by atoms with Gasteiger partial charge in [-0.15, -0.1) is 0 Å². The van der Waals surface area contributed by atoms with Crippen molar-refractivity contribution in [1.29, 1.82) is 5.41 Å². The van der Waals surface area contributed by atoms with E-state index in [9.17, 15) is 0 Å². The van der Waals surface area contributed by atoms with Gasteiger partial charge in [-0.05, 0) is 24.3 Å². The van der Waals surface area contributed by atoms with E-state index in [0.29, 0.717) is 11.3 Å². The quantitative estimate of drug-likeness (QED) is 0.715. The van der Waals surface area contributed by atoms with E-state index in [1.165, 1.54) is 0 Å². The summed E-state index contributed by atoms with van der Waals surface area (Å²) in [6, 6.07) is 7.05. The molecule has 3 N–H and O–H groups in total. The lowest BCUT2D eigenvalue weighted by atomic mass is 10.2. The third-order valence-corrected chi connectivity index (χ3v) is 2.00. The summed E-state index contributed by atoms with van der Waals surface area (Å²) >= 11 is 0. The Morgan fingerprint density at radius 3 is 2.86 bits per heavy atom. The van der Waals surface area contributed by atoms with Crippen molar-refractivity contribution in [3.8, 4) is 5.75 Å². The first kappa shape index (κ1) is 8.62. The molecule has 1 aromatic carbocycles. The van der Waals surface area contributed by atoms with Crippen molar-refractivity contribution in [2.75, 3.05) is 12.8 Å². The highest BCUT2D eigenvalue weighted by atomic mass is 16.5. The molecular formula is C10H10N2O2. The van der Waals surface area contributed by atoms with Gasteiger partial charge in [0.05, 0.1) is 12.8 Å². The fourth-order valence-electron chi connectivity index (χ4n) is 1.26. The lowest BCUT2D eigenvalue weighted by molar-refractivity contribution is 0.415. The predicted molar refractivity (Wildman–Crippen MR) is 53.0 cm³/mol. The van der Waals surface area contributed by atoms with Gasteiger partial charge in [-0.1, -0.05) is 0 Å². The van der Waals surface area contributed by atoms with Crippen LogP contribution in [0, 0.1) is 5.41 Å². The predicted octanol–water partition coefficient (Wildman–Crippen LogP) is 1.50. The monoisotopic (exact) mass is 190 g/mol. The van der Waals surface area contributed by atoms with Crippen LogP contribution in [-0.2, 0) is 0 Å². The van der Waals surface area contributed by atoms with Gasteiger partial charge < -0.3 is 14.9 Å². The smallest absolute Gasteiger partial charge is 0.235 e. The number of anilines is 1. The highest BCUT2D eigenvalue weighted by Gasteiger charge is 2.00. The molecule has 0 aliphatic carbocycles. The highest BCUT2D eigenvalue weighted by Crippen LogP contribution is 2.20. The maximum atomic E-state index is 7.38. The lowest BCUT2D eigenvalue weighted by Crippen LogP contribution is -2.05. The van der Waals surface area contributed by atoms with E-state index in [1.54, 1.807) is 25.3 Å². The Bertz CT molecular complexity index is 531. The summed E-state index contributed by atoms with van der Waals surface area (Å²) < 4.78 is 10.2. The zero-order valence-corrected chi connectivity index (χ0v) is 7.70. The zero-order valence-electron chi connectivity index (χ0n) is 7.70. The molecule has 1 aromatic heterocycles. The molecular weight excluding hydrogens is 180 g/mol. The number of ether oxygens (including phenoxy) is 1. The first-order valence-electron chi connectivity index (χ1n) is 4.12. The Hall–Kier alpha value is -1.97. The molecule has 0 fully saturated rings. The molecule has 0 saturated heterocycles. The fourth-order valence-corrected chi connectivity index (χ4v) is 1.26.